The Balaban J connectivity index is 2.05. The Kier molecular flexibility index (Phi) is 3.50. The molecule has 0 unspecified atom stereocenters. The van der Waals surface area contributed by atoms with Gasteiger partial charge in [0.15, 0.2) is 11.2 Å². The quantitative estimate of drug-likeness (QED) is 0.720. The van der Waals surface area contributed by atoms with Gasteiger partial charge in [0.25, 0.3) is 0 Å². The molecule has 25 heavy (non-hydrogen) atoms. The largest absolute Gasteiger partial charge is 0.324 e. The second kappa shape index (κ2) is 5.71. The fourth-order valence-corrected chi connectivity index (χ4v) is 3.54. The number of anilines is 1. The Hall–Kier alpha value is -3.20. The first-order chi connectivity index (χ1) is 12.1. The molecule has 3 aromatic rings. The summed E-state index contributed by atoms with van der Waals surface area (Å²) in [5.41, 5.74) is 2.09. The van der Waals surface area contributed by atoms with E-state index in [2.05, 4.69) is 5.32 Å². The van der Waals surface area contributed by atoms with Gasteiger partial charge in [-0.25, -0.2) is 0 Å². The molecule has 3 heteroatoms. The molecule has 1 aliphatic rings. The van der Waals surface area contributed by atoms with Crippen LogP contribution in [0, 0.1) is 6.92 Å². The molecule has 4 rings (SSSR count). The van der Waals surface area contributed by atoms with Crippen LogP contribution in [0.15, 0.2) is 78.9 Å². The van der Waals surface area contributed by atoms with Gasteiger partial charge in [-0.05, 0) is 30.2 Å². The molecule has 3 nitrogen and oxygen atoms in total. The van der Waals surface area contributed by atoms with Gasteiger partial charge in [0.1, 0.15) is 0 Å². The van der Waals surface area contributed by atoms with Crippen LogP contribution in [0.2, 0.25) is 0 Å². The van der Waals surface area contributed by atoms with Crippen LogP contribution >= 0.6 is 0 Å². The molecule has 1 aliphatic heterocycles. The lowest BCUT2D eigenvalue weighted by Gasteiger charge is -2.36. The maximum Gasteiger partial charge on any atom is 0.247 e. The van der Waals surface area contributed by atoms with Crippen molar-refractivity contribution in [3.8, 4) is 0 Å². The first kappa shape index (κ1) is 15.3. The SMILES string of the molecule is Cc1ccc2c(c1)C(=O)C(c1ccccc1)(c1ccccc1)C(=O)N2. The molecule has 0 aromatic heterocycles. The van der Waals surface area contributed by atoms with Crippen LogP contribution in [-0.2, 0) is 10.2 Å². The summed E-state index contributed by atoms with van der Waals surface area (Å²) in [6, 6.07) is 24.1. The molecule has 1 N–H and O–H groups in total. The van der Waals surface area contributed by atoms with Gasteiger partial charge < -0.3 is 5.32 Å². The maximum atomic E-state index is 13.6. The van der Waals surface area contributed by atoms with E-state index in [1.165, 1.54) is 0 Å². The topological polar surface area (TPSA) is 46.2 Å². The summed E-state index contributed by atoms with van der Waals surface area (Å²) >= 11 is 0. The van der Waals surface area contributed by atoms with Gasteiger partial charge >= 0.3 is 0 Å². The monoisotopic (exact) mass is 327 g/mol. The molecule has 0 radical (unpaired) electrons. The van der Waals surface area contributed by atoms with E-state index < -0.39 is 5.41 Å². The number of carbonyl (C=O) groups excluding carboxylic acids is 2. The van der Waals surface area contributed by atoms with Gasteiger partial charge in [-0.2, -0.15) is 0 Å². The van der Waals surface area contributed by atoms with Crippen LogP contribution in [0.5, 0.6) is 0 Å². The Bertz CT molecular complexity index is 922. The van der Waals surface area contributed by atoms with Crippen molar-refractivity contribution in [2.45, 2.75) is 12.3 Å². The van der Waals surface area contributed by atoms with Crippen LogP contribution in [0.25, 0.3) is 0 Å². The second-order valence-electron chi connectivity index (χ2n) is 6.31. The van der Waals surface area contributed by atoms with Crippen molar-refractivity contribution in [2.24, 2.45) is 0 Å². The number of rotatable bonds is 2. The van der Waals surface area contributed by atoms with Gasteiger partial charge in [0, 0.05) is 5.56 Å². The third-order valence-corrected chi connectivity index (χ3v) is 4.76. The molecular weight excluding hydrogens is 310 g/mol. The standard InChI is InChI=1S/C22H17NO2/c1-15-12-13-19-18(14-15)20(24)22(21(25)23-19,16-8-4-2-5-9-16)17-10-6-3-7-11-17/h2-14H,1H3,(H,23,25). The minimum absolute atomic E-state index is 0.188. The number of Topliss-reactive ketones (excluding diaryl/α,β-unsaturated/α-hetero) is 1. The van der Waals surface area contributed by atoms with E-state index in [1.807, 2.05) is 79.7 Å². The molecule has 3 aromatic carbocycles. The summed E-state index contributed by atoms with van der Waals surface area (Å²) in [4.78, 5) is 26.9. The molecule has 0 atom stereocenters. The Morgan fingerprint density at radius 1 is 0.760 bits per heavy atom. The summed E-state index contributed by atoms with van der Waals surface area (Å²) in [6.45, 7) is 1.94. The number of benzene rings is 3. The Morgan fingerprint density at radius 2 is 1.32 bits per heavy atom. The van der Waals surface area contributed by atoms with Crippen molar-refractivity contribution in [2.75, 3.05) is 5.32 Å². The van der Waals surface area contributed by atoms with Gasteiger partial charge in [-0.1, -0.05) is 72.3 Å². The zero-order chi connectivity index (χ0) is 17.4. The number of hydrogen-bond donors (Lipinski definition) is 1. The first-order valence-electron chi connectivity index (χ1n) is 8.22. The predicted octanol–water partition coefficient (Wildman–Crippen LogP) is 4.12. The highest BCUT2D eigenvalue weighted by atomic mass is 16.2. The summed E-state index contributed by atoms with van der Waals surface area (Å²) < 4.78 is 0. The lowest BCUT2D eigenvalue weighted by molar-refractivity contribution is -0.119. The van der Waals surface area contributed by atoms with E-state index in [9.17, 15) is 9.59 Å². The number of carbonyl (C=O) groups is 2. The van der Waals surface area contributed by atoms with Crippen molar-refractivity contribution in [1.29, 1.82) is 0 Å². The lowest BCUT2D eigenvalue weighted by Crippen LogP contribution is -2.51. The first-order valence-corrected chi connectivity index (χ1v) is 8.22. The minimum atomic E-state index is -1.37. The van der Waals surface area contributed by atoms with Crippen LogP contribution in [0.4, 0.5) is 5.69 Å². The molecule has 122 valence electrons. The van der Waals surface area contributed by atoms with Crippen LogP contribution in [0.3, 0.4) is 0 Å². The smallest absolute Gasteiger partial charge is 0.247 e. The highest BCUT2D eigenvalue weighted by molar-refractivity contribution is 6.30. The Morgan fingerprint density at radius 3 is 1.88 bits per heavy atom. The minimum Gasteiger partial charge on any atom is -0.324 e. The average molecular weight is 327 g/mol. The molecule has 0 bridgehead atoms. The number of nitrogens with one attached hydrogen (secondary N) is 1. The van der Waals surface area contributed by atoms with E-state index in [-0.39, 0.29) is 11.7 Å². The fraction of sp³-hybridized carbons (Fsp3) is 0.0909. The fourth-order valence-electron chi connectivity index (χ4n) is 3.54. The van der Waals surface area contributed by atoms with E-state index in [4.69, 9.17) is 0 Å². The molecule has 0 spiro atoms. The van der Waals surface area contributed by atoms with Crippen LogP contribution in [0.1, 0.15) is 27.0 Å². The molecule has 0 fully saturated rings. The summed E-state index contributed by atoms with van der Waals surface area (Å²) in [7, 11) is 0. The van der Waals surface area contributed by atoms with E-state index in [1.54, 1.807) is 6.07 Å². The van der Waals surface area contributed by atoms with Crippen LogP contribution in [-0.4, -0.2) is 11.7 Å². The molecular formula is C22H17NO2. The summed E-state index contributed by atoms with van der Waals surface area (Å²) in [5, 5.41) is 2.95. The van der Waals surface area contributed by atoms with Crippen molar-refractivity contribution in [3.63, 3.8) is 0 Å². The van der Waals surface area contributed by atoms with Gasteiger partial charge in [-0.15, -0.1) is 0 Å². The molecule has 0 saturated carbocycles. The number of aryl methyl sites for hydroxylation is 1. The molecule has 0 aliphatic carbocycles. The highest BCUT2D eigenvalue weighted by Gasteiger charge is 2.52. The van der Waals surface area contributed by atoms with E-state index in [0.29, 0.717) is 22.4 Å². The predicted molar refractivity (Wildman–Crippen MR) is 97.8 cm³/mol. The summed E-state index contributed by atoms with van der Waals surface area (Å²) in [6.07, 6.45) is 0. The van der Waals surface area contributed by atoms with Crippen molar-refractivity contribution in [3.05, 3.63) is 101 Å². The van der Waals surface area contributed by atoms with Crippen molar-refractivity contribution in [1.82, 2.24) is 0 Å². The van der Waals surface area contributed by atoms with E-state index in [0.717, 1.165) is 5.56 Å². The third kappa shape index (κ3) is 2.20. The summed E-state index contributed by atoms with van der Waals surface area (Å²) in [5.74, 6) is -0.501. The van der Waals surface area contributed by atoms with Crippen LogP contribution < -0.4 is 5.32 Å². The zero-order valence-electron chi connectivity index (χ0n) is 13.8. The number of amides is 1. The normalized spacial score (nSPS) is 15.4. The lowest BCUT2D eigenvalue weighted by atomic mass is 9.67. The highest BCUT2D eigenvalue weighted by Crippen LogP contribution is 2.42. The second-order valence-corrected chi connectivity index (χ2v) is 6.31. The van der Waals surface area contributed by atoms with Crippen molar-refractivity contribution < 1.29 is 9.59 Å². The molecule has 1 heterocycles. The average Bonchev–Trinajstić information content (AvgIpc) is 2.65. The van der Waals surface area contributed by atoms with Gasteiger partial charge in [-0.3, -0.25) is 9.59 Å². The number of hydrogen-bond acceptors (Lipinski definition) is 2. The third-order valence-electron chi connectivity index (χ3n) is 4.76. The number of fused-ring (bicyclic) bond motifs is 1. The van der Waals surface area contributed by atoms with Crippen molar-refractivity contribution >= 4 is 17.4 Å². The van der Waals surface area contributed by atoms with Gasteiger partial charge in [0.2, 0.25) is 5.91 Å². The zero-order valence-corrected chi connectivity index (χ0v) is 13.8. The Labute approximate surface area is 146 Å². The van der Waals surface area contributed by atoms with E-state index >= 15 is 0 Å². The molecule has 0 saturated heterocycles. The molecule has 1 amide bonds. The maximum absolute atomic E-state index is 13.6. The number of ketones is 1. The van der Waals surface area contributed by atoms with Gasteiger partial charge in [0.05, 0.1) is 5.69 Å².